The number of likely N-dealkylation sites (tertiary alicyclic amines) is 1. The zero-order chi connectivity index (χ0) is 26.1. The lowest BCUT2D eigenvalue weighted by Gasteiger charge is -2.47. The number of nitrogens with two attached hydrogens (primary N) is 1. The number of benzene rings is 2. The van der Waals surface area contributed by atoms with Crippen molar-refractivity contribution in [3.8, 4) is 5.75 Å². The fourth-order valence-corrected chi connectivity index (χ4v) is 5.29. The van der Waals surface area contributed by atoms with Crippen molar-refractivity contribution in [3.05, 3.63) is 66.0 Å². The molecule has 2 aliphatic rings. The molecule has 8 heteroatoms. The molecule has 2 aromatic carbocycles. The number of carbonyl (C=O) groups is 1. The highest BCUT2D eigenvalue weighted by molar-refractivity contribution is 6.08. The third-order valence-corrected chi connectivity index (χ3v) is 7.42. The molecule has 2 saturated heterocycles. The maximum Gasteiger partial charge on any atom is 0.325 e. The van der Waals surface area contributed by atoms with Gasteiger partial charge in [0, 0.05) is 36.9 Å². The summed E-state index contributed by atoms with van der Waals surface area (Å²) < 4.78 is 19.5. The number of halogens is 1. The first-order chi connectivity index (χ1) is 17.1. The van der Waals surface area contributed by atoms with Crippen molar-refractivity contribution in [3.63, 3.8) is 0 Å². The third-order valence-electron chi connectivity index (χ3n) is 7.42. The molecule has 0 unspecified atom stereocenters. The van der Waals surface area contributed by atoms with E-state index in [9.17, 15) is 9.18 Å². The predicted octanol–water partition coefficient (Wildman–Crippen LogP) is 4.87. The summed E-state index contributed by atoms with van der Waals surface area (Å²) in [6.07, 6.45) is 3.20. The Balaban J connectivity index is 1.65. The molecule has 4 rings (SSSR count). The van der Waals surface area contributed by atoms with Crippen LogP contribution in [0, 0.1) is 5.82 Å². The number of hydrogen-bond acceptors (Lipinski definition) is 5. The summed E-state index contributed by atoms with van der Waals surface area (Å²) >= 11 is 0. The van der Waals surface area contributed by atoms with Gasteiger partial charge in [-0.2, -0.15) is 5.10 Å². The van der Waals surface area contributed by atoms with Gasteiger partial charge in [0.15, 0.2) is 0 Å². The minimum atomic E-state index is -0.374. The van der Waals surface area contributed by atoms with Gasteiger partial charge in [0.05, 0.1) is 25.4 Å². The molecule has 2 fully saturated rings. The van der Waals surface area contributed by atoms with E-state index >= 15 is 0 Å². The van der Waals surface area contributed by atoms with E-state index in [2.05, 4.69) is 37.4 Å². The average molecular weight is 494 g/mol. The Kier molecular flexibility index (Phi) is 7.09. The number of nitrogens with zero attached hydrogens (tertiary/aromatic N) is 4. The van der Waals surface area contributed by atoms with Crippen molar-refractivity contribution in [1.82, 2.24) is 9.80 Å². The van der Waals surface area contributed by atoms with Crippen LogP contribution in [-0.4, -0.2) is 59.9 Å². The number of amides is 2. The number of methoxy groups -OCH3 is 1. The van der Waals surface area contributed by atoms with E-state index in [-0.39, 0.29) is 22.9 Å². The lowest BCUT2D eigenvalue weighted by atomic mass is 9.84. The number of allylic oxidation sites excluding steroid dienone is 1. The first kappa shape index (κ1) is 25.7. The van der Waals surface area contributed by atoms with Crippen molar-refractivity contribution in [2.75, 3.05) is 31.6 Å². The van der Waals surface area contributed by atoms with Crippen LogP contribution in [-0.2, 0) is 6.54 Å². The molecule has 192 valence electrons. The second-order valence-corrected chi connectivity index (χ2v) is 10.7. The fraction of sp³-hybridized carbons (Fsp3) is 0.429. The highest BCUT2D eigenvalue weighted by Crippen LogP contribution is 2.41. The van der Waals surface area contributed by atoms with Gasteiger partial charge >= 0.3 is 6.03 Å². The molecule has 2 heterocycles. The van der Waals surface area contributed by atoms with Gasteiger partial charge in [-0.1, -0.05) is 18.7 Å². The number of ether oxygens (including phenoxy) is 1. The van der Waals surface area contributed by atoms with Gasteiger partial charge in [0.1, 0.15) is 11.6 Å². The van der Waals surface area contributed by atoms with Crippen LogP contribution in [0.15, 0.2) is 54.1 Å². The summed E-state index contributed by atoms with van der Waals surface area (Å²) in [7, 11) is 1.52. The first-order valence-corrected chi connectivity index (χ1v) is 12.3. The van der Waals surface area contributed by atoms with Crippen LogP contribution in [0.4, 0.5) is 14.9 Å². The van der Waals surface area contributed by atoms with E-state index in [4.69, 9.17) is 10.6 Å². The Hall–Kier alpha value is -3.39. The van der Waals surface area contributed by atoms with E-state index in [1.807, 2.05) is 34.1 Å². The van der Waals surface area contributed by atoms with Crippen molar-refractivity contribution in [1.29, 1.82) is 0 Å². The Bertz CT molecular complexity index is 1150. The Labute approximate surface area is 213 Å². The van der Waals surface area contributed by atoms with Crippen molar-refractivity contribution < 1.29 is 13.9 Å². The zero-order valence-corrected chi connectivity index (χ0v) is 21.6. The van der Waals surface area contributed by atoms with Crippen LogP contribution >= 0.6 is 0 Å². The lowest BCUT2D eigenvalue weighted by Crippen LogP contribution is -2.57. The molecular formula is C28H36FN5O2. The van der Waals surface area contributed by atoms with Crippen LogP contribution in [0.3, 0.4) is 0 Å². The van der Waals surface area contributed by atoms with Gasteiger partial charge in [-0.15, -0.1) is 0 Å². The zero-order valence-electron chi connectivity index (χ0n) is 21.6. The van der Waals surface area contributed by atoms with Gasteiger partial charge in [-0.25, -0.2) is 9.18 Å². The number of piperidine rings is 1. The van der Waals surface area contributed by atoms with Crippen molar-refractivity contribution in [2.45, 2.75) is 51.2 Å². The summed E-state index contributed by atoms with van der Waals surface area (Å²) in [6.45, 7) is 13.3. The van der Waals surface area contributed by atoms with Gasteiger partial charge in [0.2, 0.25) is 0 Å². The largest absolute Gasteiger partial charge is 0.497 e. The molecule has 0 aromatic heterocycles. The monoisotopic (exact) mass is 493 g/mol. The second-order valence-electron chi connectivity index (χ2n) is 10.7. The molecule has 2 aromatic rings. The van der Waals surface area contributed by atoms with Crippen LogP contribution in [0.1, 0.15) is 44.7 Å². The number of anilines is 1. The van der Waals surface area contributed by atoms with Gasteiger partial charge < -0.3 is 15.5 Å². The molecule has 0 bridgehead atoms. The molecule has 36 heavy (non-hydrogen) atoms. The topological polar surface area (TPSA) is 74.4 Å². The minimum Gasteiger partial charge on any atom is -0.497 e. The summed E-state index contributed by atoms with van der Waals surface area (Å²) in [5, 5.41) is 3.54. The molecule has 0 aliphatic carbocycles. The quantitative estimate of drug-likeness (QED) is 0.354. The Morgan fingerprint density at radius 3 is 2.44 bits per heavy atom. The van der Waals surface area contributed by atoms with E-state index in [1.54, 1.807) is 6.07 Å². The minimum absolute atomic E-state index is 0.0652. The van der Waals surface area contributed by atoms with Crippen LogP contribution in [0.25, 0.3) is 5.57 Å². The molecule has 7 nitrogen and oxygen atoms in total. The third kappa shape index (κ3) is 5.09. The Morgan fingerprint density at radius 1 is 1.19 bits per heavy atom. The molecular weight excluding hydrogens is 457 g/mol. The predicted molar refractivity (Wildman–Crippen MR) is 143 cm³/mol. The SMILES string of the molecule is C=C(/C=N\N)c1ccc(N2CC3(CCN(C(C)(C)C)CC3)N(Cc3cc(F)cc(OC)c3)C2=O)cc1. The molecule has 2 aliphatic heterocycles. The summed E-state index contributed by atoms with van der Waals surface area (Å²) in [6, 6.07) is 12.3. The van der Waals surface area contributed by atoms with Crippen molar-refractivity contribution >= 4 is 23.5 Å². The lowest BCUT2D eigenvalue weighted by molar-refractivity contribution is 0.0304. The molecule has 2 amide bonds. The molecule has 2 N–H and O–H groups in total. The highest BCUT2D eigenvalue weighted by atomic mass is 19.1. The second kappa shape index (κ2) is 9.93. The number of hydrogen-bond donors (Lipinski definition) is 1. The fourth-order valence-electron chi connectivity index (χ4n) is 5.29. The van der Waals surface area contributed by atoms with Gasteiger partial charge in [0.25, 0.3) is 0 Å². The van der Waals surface area contributed by atoms with E-state index in [0.29, 0.717) is 30.0 Å². The average Bonchev–Trinajstić information content (AvgIpc) is 3.09. The van der Waals surface area contributed by atoms with Crippen LogP contribution in [0.5, 0.6) is 5.75 Å². The summed E-state index contributed by atoms with van der Waals surface area (Å²) in [5.74, 6) is 5.32. The summed E-state index contributed by atoms with van der Waals surface area (Å²) in [4.78, 5) is 20.1. The van der Waals surface area contributed by atoms with E-state index in [0.717, 1.165) is 37.2 Å². The maximum atomic E-state index is 14.3. The Morgan fingerprint density at radius 2 is 1.86 bits per heavy atom. The van der Waals surface area contributed by atoms with E-state index in [1.165, 1.54) is 25.5 Å². The van der Waals surface area contributed by atoms with Gasteiger partial charge in [-0.3, -0.25) is 9.80 Å². The molecule has 0 atom stereocenters. The standard InChI is InChI=1S/C28H36FN5O2/c1-20(17-31-30)22-6-8-24(9-7-22)33-19-28(10-12-32(13-11-28)27(2,3)4)34(26(33)35)18-21-14-23(29)16-25(15-21)36-5/h6-9,14-17H,1,10-13,18-19,30H2,2-5H3/b31-17-. The number of hydrazone groups is 1. The van der Waals surface area contributed by atoms with Gasteiger partial charge in [-0.05, 0) is 74.6 Å². The normalized spacial score (nSPS) is 18.4. The van der Waals surface area contributed by atoms with Crippen LogP contribution in [0.2, 0.25) is 0 Å². The number of rotatable bonds is 6. The molecule has 0 saturated carbocycles. The van der Waals surface area contributed by atoms with Crippen LogP contribution < -0.4 is 15.5 Å². The number of urea groups is 1. The highest BCUT2D eigenvalue weighted by Gasteiger charge is 2.51. The summed E-state index contributed by atoms with van der Waals surface area (Å²) in [5.41, 5.74) is 2.84. The maximum absolute atomic E-state index is 14.3. The van der Waals surface area contributed by atoms with Crippen molar-refractivity contribution in [2.24, 2.45) is 10.9 Å². The molecule has 1 spiro atoms. The number of carbonyl (C=O) groups excluding carboxylic acids is 1. The smallest absolute Gasteiger partial charge is 0.325 e. The molecule has 0 radical (unpaired) electrons. The first-order valence-electron chi connectivity index (χ1n) is 12.3. The van der Waals surface area contributed by atoms with E-state index < -0.39 is 0 Å².